The van der Waals surface area contributed by atoms with Crippen LogP contribution < -0.4 is 0 Å². The Bertz CT molecular complexity index is 667. The second-order valence-corrected chi connectivity index (χ2v) is 5.07. The number of ether oxygens (including phenoxy) is 1. The van der Waals surface area contributed by atoms with E-state index in [1.165, 1.54) is 0 Å². The summed E-state index contributed by atoms with van der Waals surface area (Å²) in [5.74, 6) is -0.564. The van der Waals surface area contributed by atoms with Crippen LogP contribution in [0.15, 0.2) is 65.7 Å². The Labute approximate surface area is 122 Å². The van der Waals surface area contributed by atoms with Gasteiger partial charge in [-0.2, -0.15) is 0 Å². The highest BCUT2D eigenvalue weighted by Gasteiger charge is 2.44. The highest BCUT2D eigenvalue weighted by atomic mass is 16.5. The van der Waals surface area contributed by atoms with Gasteiger partial charge in [-0.15, -0.1) is 0 Å². The monoisotopic (exact) mass is 281 g/mol. The summed E-state index contributed by atoms with van der Waals surface area (Å²) >= 11 is 0. The van der Waals surface area contributed by atoms with E-state index in [0.29, 0.717) is 12.3 Å². The van der Waals surface area contributed by atoms with Crippen LogP contribution in [0.1, 0.15) is 11.1 Å². The fraction of sp³-hybridized carbons (Fsp3) is 0.176. The van der Waals surface area contributed by atoms with Crippen LogP contribution in [0.5, 0.6) is 0 Å². The molecule has 0 aromatic heterocycles. The van der Waals surface area contributed by atoms with Crippen LogP contribution in [0.2, 0.25) is 0 Å². The van der Waals surface area contributed by atoms with E-state index in [2.05, 4.69) is 4.99 Å². The second kappa shape index (κ2) is 5.40. The van der Waals surface area contributed by atoms with Gasteiger partial charge in [0.15, 0.2) is 5.54 Å². The summed E-state index contributed by atoms with van der Waals surface area (Å²) in [5, 5.41) is 9.60. The molecule has 1 atom stereocenters. The van der Waals surface area contributed by atoms with Crippen LogP contribution in [0.3, 0.4) is 0 Å². The zero-order chi connectivity index (χ0) is 14.7. The van der Waals surface area contributed by atoms with Crippen LogP contribution in [0.4, 0.5) is 0 Å². The van der Waals surface area contributed by atoms with Gasteiger partial charge in [0.1, 0.15) is 6.61 Å². The quantitative estimate of drug-likeness (QED) is 0.936. The van der Waals surface area contributed by atoms with Crippen molar-refractivity contribution in [3.63, 3.8) is 0 Å². The zero-order valence-corrected chi connectivity index (χ0v) is 11.4. The number of aliphatic carboxylic acids is 1. The van der Waals surface area contributed by atoms with Crippen molar-refractivity contribution < 1.29 is 14.6 Å². The smallest absolute Gasteiger partial charge is 0.335 e. The van der Waals surface area contributed by atoms with Crippen molar-refractivity contribution in [2.24, 2.45) is 4.99 Å². The number of hydrogen-bond acceptors (Lipinski definition) is 3. The minimum absolute atomic E-state index is 0.0570. The zero-order valence-electron chi connectivity index (χ0n) is 11.4. The van der Waals surface area contributed by atoms with E-state index in [4.69, 9.17) is 4.74 Å². The number of hydrogen-bond donors (Lipinski definition) is 1. The molecule has 0 bridgehead atoms. The van der Waals surface area contributed by atoms with Crippen molar-refractivity contribution in [2.45, 2.75) is 12.0 Å². The van der Waals surface area contributed by atoms with Gasteiger partial charge in [-0.05, 0) is 17.7 Å². The van der Waals surface area contributed by atoms with Crippen molar-refractivity contribution >= 4 is 11.9 Å². The maximum Gasteiger partial charge on any atom is 0.335 e. The van der Waals surface area contributed by atoms with E-state index in [-0.39, 0.29) is 6.61 Å². The topological polar surface area (TPSA) is 58.9 Å². The van der Waals surface area contributed by atoms with Crippen molar-refractivity contribution in [3.8, 4) is 0 Å². The van der Waals surface area contributed by atoms with Crippen LogP contribution in [0, 0.1) is 0 Å². The Morgan fingerprint density at radius 1 is 1.10 bits per heavy atom. The number of nitrogens with zero attached hydrogens (tertiary/aromatic N) is 1. The summed E-state index contributed by atoms with van der Waals surface area (Å²) < 4.78 is 5.56. The Balaban J connectivity index is 1.93. The minimum atomic E-state index is -1.24. The van der Waals surface area contributed by atoms with Crippen LogP contribution in [0.25, 0.3) is 0 Å². The minimum Gasteiger partial charge on any atom is -0.479 e. The lowest BCUT2D eigenvalue weighted by Gasteiger charge is -2.18. The molecule has 1 aliphatic heterocycles. The number of carboxylic acid groups (broad SMARTS) is 1. The Morgan fingerprint density at radius 2 is 1.71 bits per heavy atom. The lowest BCUT2D eigenvalue weighted by Crippen LogP contribution is -2.40. The van der Waals surface area contributed by atoms with Gasteiger partial charge in [-0.1, -0.05) is 48.5 Å². The summed E-state index contributed by atoms with van der Waals surface area (Å²) in [4.78, 5) is 16.1. The van der Waals surface area contributed by atoms with Gasteiger partial charge in [0, 0.05) is 12.0 Å². The molecule has 4 nitrogen and oxygen atoms in total. The molecule has 3 rings (SSSR count). The number of rotatable bonds is 4. The fourth-order valence-electron chi connectivity index (χ4n) is 2.38. The van der Waals surface area contributed by atoms with Crippen LogP contribution in [-0.4, -0.2) is 29.1 Å². The molecule has 1 N–H and O–H groups in total. The van der Waals surface area contributed by atoms with Gasteiger partial charge >= 0.3 is 5.97 Å². The Hall–Kier alpha value is -2.62. The molecule has 0 saturated heterocycles. The number of carbonyl (C=O) groups is 1. The largest absolute Gasteiger partial charge is 0.479 e. The van der Waals surface area contributed by atoms with Crippen molar-refractivity contribution in [3.05, 3.63) is 71.8 Å². The van der Waals surface area contributed by atoms with E-state index in [1.54, 1.807) is 0 Å². The molecule has 0 spiro atoms. The number of carboxylic acids is 1. The molecule has 21 heavy (non-hydrogen) atoms. The van der Waals surface area contributed by atoms with Gasteiger partial charge in [0.05, 0.1) is 0 Å². The van der Waals surface area contributed by atoms with E-state index in [1.807, 2.05) is 60.7 Å². The third kappa shape index (κ3) is 2.65. The molecule has 0 saturated carbocycles. The first kappa shape index (κ1) is 13.4. The highest BCUT2D eigenvalue weighted by Crippen LogP contribution is 2.26. The van der Waals surface area contributed by atoms with Crippen molar-refractivity contribution in [1.29, 1.82) is 0 Å². The lowest BCUT2D eigenvalue weighted by molar-refractivity contribution is -0.143. The summed E-state index contributed by atoms with van der Waals surface area (Å²) in [6, 6.07) is 18.9. The highest BCUT2D eigenvalue weighted by molar-refractivity contribution is 5.98. The lowest BCUT2D eigenvalue weighted by atomic mass is 9.93. The van der Waals surface area contributed by atoms with Crippen LogP contribution in [-0.2, 0) is 16.0 Å². The Kier molecular flexibility index (Phi) is 3.44. The average Bonchev–Trinajstić information content (AvgIpc) is 2.95. The van der Waals surface area contributed by atoms with Gasteiger partial charge in [0.25, 0.3) is 0 Å². The second-order valence-electron chi connectivity index (χ2n) is 5.07. The summed E-state index contributed by atoms with van der Waals surface area (Å²) in [6.07, 6.45) is 0.319. The van der Waals surface area contributed by atoms with Gasteiger partial charge in [0.2, 0.25) is 5.90 Å². The molecule has 2 aromatic rings. The summed E-state index contributed by atoms with van der Waals surface area (Å²) in [7, 11) is 0. The standard InChI is InChI=1S/C17H15NO3/c19-16(20)17(11-13-7-3-1-4-8-13)12-21-15(18-17)14-9-5-2-6-10-14/h1-10H,11-12H2,(H,19,20)/t17-/m1/s1. The average molecular weight is 281 g/mol. The molecule has 1 heterocycles. The maximum absolute atomic E-state index is 11.7. The molecule has 4 heteroatoms. The molecule has 106 valence electrons. The molecule has 0 amide bonds. The molecule has 2 aromatic carbocycles. The molecule has 0 radical (unpaired) electrons. The first-order chi connectivity index (χ1) is 10.2. The molecular formula is C17H15NO3. The van der Waals surface area contributed by atoms with Crippen LogP contribution >= 0.6 is 0 Å². The third-order valence-electron chi connectivity index (χ3n) is 3.52. The maximum atomic E-state index is 11.7. The molecule has 0 unspecified atom stereocenters. The van der Waals surface area contributed by atoms with Gasteiger partial charge < -0.3 is 9.84 Å². The van der Waals surface area contributed by atoms with E-state index in [0.717, 1.165) is 11.1 Å². The first-order valence-electron chi connectivity index (χ1n) is 6.75. The van der Waals surface area contributed by atoms with E-state index >= 15 is 0 Å². The summed E-state index contributed by atoms with van der Waals surface area (Å²) in [6.45, 7) is 0.0570. The first-order valence-corrected chi connectivity index (χ1v) is 6.75. The van der Waals surface area contributed by atoms with E-state index in [9.17, 15) is 9.90 Å². The normalized spacial score (nSPS) is 20.7. The number of aliphatic imine (C=N–C) groups is 1. The van der Waals surface area contributed by atoms with Crippen molar-refractivity contribution in [1.82, 2.24) is 0 Å². The SMILES string of the molecule is O=C(O)[C@@]1(Cc2ccccc2)COC(c2ccccc2)=N1. The molecule has 0 aliphatic carbocycles. The predicted octanol–water partition coefficient (Wildman–Crippen LogP) is 2.53. The Morgan fingerprint density at radius 3 is 2.33 bits per heavy atom. The molecule has 0 fully saturated rings. The predicted molar refractivity (Wildman–Crippen MR) is 79.4 cm³/mol. The number of benzene rings is 2. The molecular weight excluding hydrogens is 266 g/mol. The van der Waals surface area contributed by atoms with Gasteiger partial charge in [-0.3, -0.25) is 0 Å². The van der Waals surface area contributed by atoms with Crippen molar-refractivity contribution in [2.75, 3.05) is 6.61 Å². The fourth-order valence-corrected chi connectivity index (χ4v) is 2.38. The third-order valence-corrected chi connectivity index (χ3v) is 3.52. The molecule has 1 aliphatic rings. The van der Waals surface area contributed by atoms with E-state index < -0.39 is 11.5 Å². The summed E-state index contributed by atoms with van der Waals surface area (Å²) in [5.41, 5.74) is 0.488. The van der Waals surface area contributed by atoms with Gasteiger partial charge in [-0.25, -0.2) is 9.79 Å².